The van der Waals surface area contributed by atoms with E-state index in [1.54, 1.807) is 86.0 Å². The maximum absolute atomic E-state index is 14.5. The number of halogens is 1. The molecule has 0 aliphatic carbocycles. The number of fused-ring (bicyclic) bond motifs is 4. The number of nitrogens with zero attached hydrogens (tertiary/aromatic N) is 4. The Balaban J connectivity index is 1.20. The van der Waals surface area contributed by atoms with Gasteiger partial charge in [0.25, 0.3) is 0 Å². The molecule has 0 spiro atoms. The van der Waals surface area contributed by atoms with Gasteiger partial charge in [0, 0.05) is 0 Å². The van der Waals surface area contributed by atoms with Gasteiger partial charge in [-0.2, -0.15) is 0 Å². The second-order valence-electron chi connectivity index (χ2n) is 13.6. The number of ether oxygens (including phenoxy) is 6. The van der Waals surface area contributed by atoms with E-state index < -0.39 is 35.8 Å². The summed E-state index contributed by atoms with van der Waals surface area (Å²) in [5.74, 6) is -1.11. The van der Waals surface area contributed by atoms with E-state index in [1.807, 2.05) is 0 Å². The van der Waals surface area contributed by atoms with Crippen molar-refractivity contribution in [1.82, 2.24) is 9.80 Å². The molecule has 3 aromatic rings. The van der Waals surface area contributed by atoms with Crippen molar-refractivity contribution in [3.8, 4) is 23.0 Å². The number of carbonyl (C=O) groups is 2. The normalized spacial score (nSPS) is 21.0. The van der Waals surface area contributed by atoms with Crippen LogP contribution in [0, 0.1) is 5.82 Å². The summed E-state index contributed by atoms with van der Waals surface area (Å²) in [6, 6.07) is 14.5. The molecular weight excluding hydrogens is 792 g/mol. The predicted octanol–water partition coefficient (Wildman–Crippen LogP) is 7.81. The minimum absolute atomic E-state index is 0.0361. The van der Waals surface area contributed by atoms with Crippen LogP contribution in [-0.4, -0.2) is 69.1 Å². The van der Waals surface area contributed by atoms with Crippen LogP contribution in [0.2, 0.25) is 0 Å². The average molecular weight is 827 g/mol. The lowest BCUT2D eigenvalue weighted by Crippen LogP contribution is -2.36. The van der Waals surface area contributed by atoms with Gasteiger partial charge in [0.2, 0.25) is 25.4 Å². The number of thioether (sulfide) groups is 2. The highest BCUT2D eigenvalue weighted by Gasteiger charge is 2.50. The van der Waals surface area contributed by atoms with E-state index in [4.69, 9.17) is 38.4 Å². The third kappa shape index (κ3) is 6.11. The summed E-state index contributed by atoms with van der Waals surface area (Å²) >= 11 is 2.30. The van der Waals surface area contributed by atoms with Crippen LogP contribution in [0.25, 0.3) is 0 Å². The van der Waals surface area contributed by atoms with E-state index in [-0.39, 0.29) is 49.7 Å². The molecule has 298 valence electrons. The second kappa shape index (κ2) is 14.7. The van der Waals surface area contributed by atoms with Crippen LogP contribution in [-0.2, 0) is 19.1 Å². The van der Waals surface area contributed by atoms with Crippen molar-refractivity contribution in [2.24, 2.45) is 9.98 Å². The molecule has 2 N–H and O–H groups in total. The minimum atomic E-state index is -0.926. The van der Waals surface area contributed by atoms with Gasteiger partial charge in [0.05, 0.1) is 63.6 Å². The zero-order chi connectivity index (χ0) is 40.4. The minimum Gasteiger partial charge on any atom is -0.494 e. The highest BCUT2D eigenvalue weighted by molar-refractivity contribution is 8.18. The Morgan fingerprint density at radius 2 is 1.16 bits per heavy atom. The fourth-order valence-corrected chi connectivity index (χ4v) is 10.2. The van der Waals surface area contributed by atoms with Crippen molar-refractivity contribution in [3.05, 3.63) is 127 Å². The van der Waals surface area contributed by atoms with Gasteiger partial charge in [-0.3, -0.25) is 9.80 Å². The van der Waals surface area contributed by atoms with E-state index in [0.717, 1.165) is 23.5 Å². The Morgan fingerprint density at radius 3 is 1.59 bits per heavy atom. The summed E-state index contributed by atoms with van der Waals surface area (Å²) in [4.78, 5) is 40.7. The largest absolute Gasteiger partial charge is 0.494 e. The topological polar surface area (TPSA) is 161 Å². The van der Waals surface area contributed by atoms with Gasteiger partial charge in [-0.15, -0.1) is 0 Å². The van der Waals surface area contributed by atoms with Gasteiger partial charge in [0.15, 0.2) is 33.3 Å². The molecular formula is C41H35FN4O10S2. The molecule has 2 unspecified atom stereocenters. The lowest BCUT2D eigenvalue weighted by Gasteiger charge is -2.34. The van der Waals surface area contributed by atoms with E-state index >= 15 is 0 Å². The van der Waals surface area contributed by atoms with Crippen molar-refractivity contribution in [2.75, 3.05) is 26.8 Å². The molecule has 0 amide bonds. The molecule has 9 rings (SSSR count). The highest BCUT2D eigenvalue weighted by atomic mass is 32.2. The Bertz CT molecular complexity index is 2330. The summed E-state index contributed by atoms with van der Waals surface area (Å²) in [6.07, 6.45) is 0. The third-order valence-electron chi connectivity index (χ3n) is 10.2. The van der Waals surface area contributed by atoms with Gasteiger partial charge < -0.3 is 38.6 Å². The first-order valence-electron chi connectivity index (χ1n) is 18.4. The van der Waals surface area contributed by atoms with Gasteiger partial charge in [-0.25, -0.2) is 24.0 Å². The van der Waals surface area contributed by atoms with Crippen LogP contribution in [0.5, 0.6) is 23.0 Å². The Labute approximate surface area is 339 Å². The number of hydrogen-bond donors (Lipinski definition) is 2. The molecule has 2 atom stereocenters. The van der Waals surface area contributed by atoms with Crippen molar-refractivity contribution in [1.29, 1.82) is 0 Å². The summed E-state index contributed by atoms with van der Waals surface area (Å²) < 4.78 is 48.0. The second-order valence-corrected chi connectivity index (χ2v) is 15.6. The van der Waals surface area contributed by atoms with Gasteiger partial charge >= 0.3 is 11.9 Å². The molecule has 6 aliphatic heterocycles. The number of aliphatic hydroxyl groups is 2. The molecule has 17 heteroatoms. The number of esters is 2. The summed E-state index contributed by atoms with van der Waals surface area (Å²) in [5.41, 5.74) is 2.89. The maximum atomic E-state index is 14.5. The maximum Gasteiger partial charge on any atom is 0.338 e. The smallest absolute Gasteiger partial charge is 0.338 e. The first-order chi connectivity index (χ1) is 28.1. The van der Waals surface area contributed by atoms with Crippen molar-refractivity contribution >= 4 is 45.8 Å². The average Bonchev–Trinajstić information content (AvgIpc) is 4.01. The molecule has 0 radical (unpaired) electrons. The van der Waals surface area contributed by atoms with E-state index in [9.17, 15) is 24.2 Å². The van der Waals surface area contributed by atoms with E-state index in [0.29, 0.717) is 71.2 Å². The molecule has 0 bridgehead atoms. The highest BCUT2D eigenvalue weighted by Crippen LogP contribution is 2.58. The first kappa shape index (κ1) is 37.5. The zero-order valence-corrected chi connectivity index (χ0v) is 33.1. The van der Waals surface area contributed by atoms with Crippen LogP contribution in [0.1, 0.15) is 62.4 Å². The SMILES string of the molecule is CCOC(=O)C1=C(C)N=C2SC(C(C3=C(O)N4C(=NC(C)=C(C(=O)OCC)C4c4ccc5c(c4)OCO5)S3)c3ccc(F)cc3)=C(O)N2C1c1ccc2c(c1)OCO2. The quantitative estimate of drug-likeness (QED) is 0.201. The molecule has 14 nitrogen and oxygen atoms in total. The molecule has 0 saturated heterocycles. The lowest BCUT2D eigenvalue weighted by atomic mass is 9.93. The Kier molecular flexibility index (Phi) is 9.51. The Hall–Kier alpha value is -6.07. The third-order valence-corrected chi connectivity index (χ3v) is 12.4. The number of hydrogen-bond acceptors (Lipinski definition) is 16. The summed E-state index contributed by atoms with van der Waals surface area (Å²) in [7, 11) is 0. The summed E-state index contributed by atoms with van der Waals surface area (Å²) in [5, 5.41) is 25.7. The molecule has 0 saturated carbocycles. The van der Waals surface area contributed by atoms with Crippen LogP contribution in [0.4, 0.5) is 4.39 Å². The van der Waals surface area contributed by atoms with Crippen molar-refractivity contribution in [2.45, 2.75) is 45.7 Å². The number of rotatable bonds is 9. The standard InChI is InChI=1S/C41H35FN4O10S2/c1-5-51-38(49)29-19(3)43-40-45(32(29)22-9-13-25-27(15-22)55-17-53-25)36(47)34(57-40)31(21-7-11-24(42)12-8-21)35-37(48)46-33(23-10-14-26-28(16-23)56-18-54-26)30(39(50)52-6-2)20(4)44-41(46)58-35/h7-16,31-33,47-48H,5-6,17-18H2,1-4H3. The molecule has 6 heterocycles. The predicted molar refractivity (Wildman–Crippen MR) is 211 cm³/mol. The number of benzene rings is 3. The zero-order valence-electron chi connectivity index (χ0n) is 31.5. The van der Waals surface area contributed by atoms with Crippen molar-refractivity contribution in [3.63, 3.8) is 0 Å². The van der Waals surface area contributed by atoms with Crippen molar-refractivity contribution < 1.29 is 52.6 Å². The van der Waals surface area contributed by atoms with Crippen LogP contribution < -0.4 is 18.9 Å². The number of amidine groups is 2. The molecule has 3 aromatic carbocycles. The van der Waals surface area contributed by atoms with Crippen LogP contribution in [0.3, 0.4) is 0 Å². The van der Waals surface area contributed by atoms with E-state index in [1.165, 1.54) is 12.1 Å². The number of allylic oxidation sites excluding steroid dienone is 4. The molecule has 6 aliphatic rings. The summed E-state index contributed by atoms with van der Waals surface area (Å²) in [6.45, 7) is 7.11. The lowest BCUT2D eigenvalue weighted by molar-refractivity contribution is -0.140. The van der Waals surface area contributed by atoms with Gasteiger partial charge in [-0.1, -0.05) is 24.3 Å². The number of aliphatic hydroxyl groups excluding tert-OH is 2. The fraction of sp³-hybridized carbons (Fsp3) is 0.268. The Morgan fingerprint density at radius 1 is 0.724 bits per heavy atom. The van der Waals surface area contributed by atoms with Gasteiger partial charge in [0.1, 0.15) is 5.82 Å². The van der Waals surface area contributed by atoms with Crippen LogP contribution in [0.15, 0.2) is 115 Å². The monoisotopic (exact) mass is 826 g/mol. The van der Waals surface area contributed by atoms with Gasteiger partial charge in [-0.05, 0) is 104 Å². The van der Waals surface area contributed by atoms with E-state index in [2.05, 4.69) is 0 Å². The molecule has 0 aromatic heterocycles. The molecule has 0 fully saturated rings. The number of aliphatic imine (C=N–C) groups is 2. The van der Waals surface area contributed by atoms with Crippen LogP contribution >= 0.6 is 23.5 Å². The molecule has 58 heavy (non-hydrogen) atoms. The first-order valence-corrected chi connectivity index (χ1v) is 20.0. The number of carbonyl (C=O) groups excluding carboxylic acids is 2. The fourth-order valence-electron chi connectivity index (χ4n) is 7.67.